The molecule has 1 aliphatic rings. The average Bonchev–Trinajstić information content (AvgIpc) is 2.91. The Morgan fingerprint density at radius 1 is 1.22 bits per heavy atom. The van der Waals surface area contributed by atoms with Crippen LogP contribution in [0.5, 0.6) is 5.75 Å². The molecule has 2 aromatic heterocycles. The third-order valence-electron chi connectivity index (χ3n) is 4.26. The number of aromatic hydroxyl groups is 1. The van der Waals surface area contributed by atoms with E-state index in [1.54, 1.807) is 35.6 Å². The Kier molecular flexibility index (Phi) is 3.34. The van der Waals surface area contributed by atoms with Gasteiger partial charge in [0.25, 0.3) is 5.56 Å². The molecule has 4 rings (SSSR count). The second kappa shape index (κ2) is 5.38. The Labute approximate surface area is 137 Å². The molecule has 23 heavy (non-hydrogen) atoms. The number of phenolic OH excluding ortho intramolecular Hbond substituents is 1. The lowest BCUT2D eigenvalue weighted by atomic mass is 9.97. The lowest BCUT2D eigenvalue weighted by Gasteiger charge is -2.13. The van der Waals surface area contributed by atoms with E-state index in [-0.39, 0.29) is 11.3 Å². The average molecular weight is 327 g/mol. The number of nitrogens with one attached hydrogen (secondary N) is 1. The van der Waals surface area contributed by atoms with Crippen LogP contribution in [0.2, 0.25) is 0 Å². The molecule has 0 spiro atoms. The quantitative estimate of drug-likeness (QED) is 0.709. The molecule has 1 aliphatic carbocycles. The molecule has 2 N–H and O–H groups in total. The first kappa shape index (κ1) is 14.3. The molecule has 6 heteroatoms. The largest absolute Gasteiger partial charge is 0.508 e. The molecule has 0 amide bonds. The van der Waals surface area contributed by atoms with E-state index >= 15 is 0 Å². The van der Waals surface area contributed by atoms with Gasteiger partial charge in [0, 0.05) is 4.88 Å². The van der Waals surface area contributed by atoms with Gasteiger partial charge in [-0.15, -0.1) is 11.3 Å². The van der Waals surface area contributed by atoms with E-state index < -0.39 is 0 Å². The molecule has 0 bridgehead atoms. The third-order valence-corrected chi connectivity index (χ3v) is 5.45. The monoisotopic (exact) mass is 327 g/mol. The predicted octanol–water partition coefficient (Wildman–Crippen LogP) is 3.23. The lowest BCUT2D eigenvalue weighted by molar-refractivity contribution is 0.475. The highest BCUT2D eigenvalue weighted by Crippen LogP contribution is 2.33. The standard InChI is InChI=1S/C17H17N3O2S/c1-10-18-16-15(13-4-2-3-5-14(13)23-16)17(22)20(10)19-11-6-8-12(21)9-7-11/h6-9,19,21H,2-5H2,1H3. The molecule has 0 radical (unpaired) electrons. The number of fused-ring (bicyclic) bond motifs is 3. The maximum Gasteiger partial charge on any atom is 0.281 e. The van der Waals surface area contributed by atoms with Gasteiger partial charge in [-0.25, -0.2) is 9.66 Å². The molecule has 0 unspecified atom stereocenters. The second-order valence-electron chi connectivity index (χ2n) is 5.85. The van der Waals surface area contributed by atoms with E-state index in [4.69, 9.17) is 0 Å². The number of phenols is 1. The maximum atomic E-state index is 13.0. The van der Waals surface area contributed by atoms with Crippen molar-refractivity contribution < 1.29 is 5.11 Å². The smallest absolute Gasteiger partial charge is 0.281 e. The van der Waals surface area contributed by atoms with Crippen LogP contribution in [0.25, 0.3) is 10.2 Å². The summed E-state index contributed by atoms with van der Waals surface area (Å²) in [6.07, 6.45) is 4.35. The summed E-state index contributed by atoms with van der Waals surface area (Å²) in [4.78, 5) is 19.8. The van der Waals surface area contributed by atoms with Gasteiger partial charge in [0.2, 0.25) is 0 Å². The van der Waals surface area contributed by atoms with Crippen molar-refractivity contribution in [3.05, 3.63) is 50.9 Å². The Balaban J connectivity index is 1.86. The predicted molar refractivity (Wildman–Crippen MR) is 92.4 cm³/mol. The Morgan fingerprint density at radius 3 is 2.74 bits per heavy atom. The molecular formula is C17H17N3O2S. The number of rotatable bonds is 2. The zero-order chi connectivity index (χ0) is 16.0. The number of aryl methyl sites for hydroxylation is 3. The summed E-state index contributed by atoms with van der Waals surface area (Å²) in [6, 6.07) is 6.63. The van der Waals surface area contributed by atoms with Crippen molar-refractivity contribution in [1.82, 2.24) is 9.66 Å². The SMILES string of the molecule is Cc1nc2sc3c(c2c(=O)n1Nc1ccc(O)cc1)CCCC3. The second-order valence-corrected chi connectivity index (χ2v) is 6.93. The van der Waals surface area contributed by atoms with Crippen LogP contribution < -0.4 is 11.0 Å². The van der Waals surface area contributed by atoms with Gasteiger partial charge in [-0.1, -0.05) is 0 Å². The summed E-state index contributed by atoms with van der Waals surface area (Å²) in [7, 11) is 0. The summed E-state index contributed by atoms with van der Waals surface area (Å²) < 4.78 is 1.50. The van der Waals surface area contributed by atoms with Gasteiger partial charge in [0.1, 0.15) is 16.4 Å². The molecule has 0 fully saturated rings. The van der Waals surface area contributed by atoms with Crippen LogP contribution >= 0.6 is 11.3 Å². The van der Waals surface area contributed by atoms with Gasteiger partial charge in [-0.05, 0) is 62.4 Å². The van der Waals surface area contributed by atoms with Crippen molar-refractivity contribution in [2.24, 2.45) is 0 Å². The van der Waals surface area contributed by atoms with Crippen LogP contribution in [0.3, 0.4) is 0 Å². The highest BCUT2D eigenvalue weighted by Gasteiger charge is 2.21. The van der Waals surface area contributed by atoms with Crippen molar-refractivity contribution in [1.29, 1.82) is 0 Å². The number of benzene rings is 1. The molecule has 2 heterocycles. The normalized spacial score (nSPS) is 14.0. The van der Waals surface area contributed by atoms with Gasteiger partial charge >= 0.3 is 0 Å². The van der Waals surface area contributed by atoms with E-state index in [1.807, 2.05) is 6.92 Å². The van der Waals surface area contributed by atoms with Crippen molar-refractivity contribution in [2.75, 3.05) is 5.43 Å². The summed E-state index contributed by atoms with van der Waals surface area (Å²) >= 11 is 1.66. The van der Waals surface area contributed by atoms with Crippen LogP contribution in [0.4, 0.5) is 5.69 Å². The fourth-order valence-corrected chi connectivity index (χ4v) is 4.40. The number of nitrogens with zero attached hydrogens (tertiary/aromatic N) is 2. The first-order valence-corrected chi connectivity index (χ1v) is 8.55. The van der Waals surface area contributed by atoms with Crippen molar-refractivity contribution >= 4 is 27.2 Å². The fraction of sp³-hybridized carbons (Fsp3) is 0.294. The number of hydrogen-bond donors (Lipinski definition) is 2. The lowest BCUT2D eigenvalue weighted by Crippen LogP contribution is -2.29. The van der Waals surface area contributed by atoms with E-state index in [0.717, 1.165) is 35.2 Å². The van der Waals surface area contributed by atoms with Crippen molar-refractivity contribution in [3.63, 3.8) is 0 Å². The van der Waals surface area contributed by atoms with E-state index in [1.165, 1.54) is 21.5 Å². The fourth-order valence-electron chi connectivity index (χ4n) is 3.10. The first-order chi connectivity index (χ1) is 11.1. The Morgan fingerprint density at radius 2 is 1.96 bits per heavy atom. The molecule has 0 saturated heterocycles. The summed E-state index contributed by atoms with van der Waals surface area (Å²) in [6.45, 7) is 1.83. The number of hydrogen-bond acceptors (Lipinski definition) is 5. The first-order valence-electron chi connectivity index (χ1n) is 7.73. The number of thiophene rings is 1. The van der Waals surface area contributed by atoms with Gasteiger partial charge in [-0.2, -0.15) is 0 Å². The van der Waals surface area contributed by atoms with Gasteiger partial charge < -0.3 is 5.11 Å². The molecule has 118 valence electrons. The highest BCUT2D eigenvalue weighted by molar-refractivity contribution is 7.18. The molecule has 1 aromatic carbocycles. The zero-order valence-electron chi connectivity index (χ0n) is 12.8. The Hall–Kier alpha value is -2.34. The highest BCUT2D eigenvalue weighted by atomic mass is 32.1. The minimum atomic E-state index is -0.0417. The third kappa shape index (κ3) is 2.39. The molecule has 0 atom stereocenters. The summed E-state index contributed by atoms with van der Waals surface area (Å²) in [5.41, 5.74) is 4.97. The van der Waals surface area contributed by atoms with Gasteiger partial charge in [0.15, 0.2) is 0 Å². The van der Waals surface area contributed by atoms with Crippen LogP contribution in [-0.4, -0.2) is 14.8 Å². The van der Waals surface area contributed by atoms with Crippen molar-refractivity contribution in [3.8, 4) is 5.75 Å². The Bertz CT molecular complexity index is 941. The van der Waals surface area contributed by atoms with Crippen LogP contribution in [0.1, 0.15) is 29.1 Å². The minimum Gasteiger partial charge on any atom is -0.508 e. The van der Waals surface area contributed by atoms with Gasteiger partial charge in [0.05, 0.1) is 11.1 Å². The molecule has 3 aromatic rings. The maximum absolute atomic E-state index is 13.0. The number of aromatic nitrogens is 2. The molecule has 5 nitrogen and oxygen atoms in total. The van der Waals surface area contributed by atoms with Crippen LogP contribution in [0.15, 0.2) is 29.1 Å². The minimum absolute atomic E-state index is 0.0417. The topological polar surface area (TPSA) is 67.2 Å². The van der Waals surface area contributed by atoms with Crippen molar-refractivity contribution in [2.45, 2.75) is 32.6 Å². The van der Waals surface area contributed by atoms with Gasteiger partial charge in [-0.3, -0.25) is 10.2 Å². The van der Waals surface area contributed by atoms with E-state index in [9.17, 15) is 9.90 Å². The summed E-state index contributed by atoms with van der Waals surface area (Å²) in [5, 5.41) is 10.1. The molecule has 0 aliphatic heterocycles. The summed E-state index contributed by atoms with van der Waals surface area (Å²) in [5.74, 6) is 0.828. The zero-order valence-corrected chi connectivity index (χ0v) is 13.6. The van der Waals surface area contributed by atoms with Crippen LogP contribution in [0, 0.1) is 6.92 Å². The number of anilines is 1. The molecular weight excluding hydrogens is 310 g/mol. The van der Waals surface area contributed by atoms with Crippen LogP contribution in [-0.2, 0) is 12.8 Å². The van der Waals surface area contributed by atoms with E-state index in [0.29, 0.717) is 5.82 Å². The molecule has 0 saturated carbocycles. The van der Waals surface area contributed by atoms with E-state index in [2.05, 4.69) is 10.4 Å².